The number of benzene rings is 2. The molecule has 0 amide bonds. The normalized spacial score (nSPS) is 11.0. The second kappa shape index (κ2) is 8.34. The van der Waals surface area contributed by atoms with Gasteiger partial charge in [0.05, 0.1) is 18.4 Å². The Morgan fingerprint density at radius 3 is 2.68 bits per heavy atom. The Morgan fingerprint density at radius 2 is 1.89 bits per heavy atom. The number of hydrogen-bond donors (Lipinski definition) is 0. The van der Waals surface area contributed by atoms with E-state index in [4.69, 9.17) is 21.3 Å². The Bertz CT molecular complexity index is 1090. The fourth-order valence-electron chi connectivity index (χ4n) is 2.75. The van der Waals surface area contributed by atoms with Gasteiger partial charge in [-0.2, -0.15) is 0 Å². The van der Waals surface area contributed by atoms with Crippen molar-refractivity contribution < 1.29 is 4.74 Å². The van der Waals surface area contributed by atoms with Crippen LogP contribution in [-0.4, -0.2) is 26.9 Å². The van der Waals surface area contributed by atoms with E-state index in [1.54, 1.807) is 30.2 Å². The topological polar surface area (TPSA) is 52.8 Å². The Kier molecular flexibility index (Phi) is 5.66. The number of ether oxygens (including phenoxy) is 1. The number of rotatable bonds is 6. The number of methoxy groups -OCH3 is 1. The fraction of sp³-hybridized carbons (Fsp3) is 0.150. The largest absolute Gasteiger partial charge is 0.496 e. The van der Waals surface area contributed by atoms with E-state index in [1.807, 2.05) is 60.1 Å². The van der Waals surface area contributed by atoms with Crippen LogP contribution in [0.5, 0.6) is 5.75 Å². The van der Waals surface area contributed by atoms with E-state index in [2.05, 4.69) is 15.6 Å². The minimum absolute atomic E-state index is 0.704. The summed E-state index contributed by atoms with van der Waals surface area (Å²) in [6.07, 6.45) is 0. The van der Waals surface area contributed by atoms with Crippen molar-refractivity contribution in [2.45, 2.75) is 10.9 Å². The van der Waals surface area contributed by atoms with Gasteiger partial charge in [-0.25, -0.2) is 4.98 Å². The molecule has 2 aromatic carbocycles. The monoisotopic (exact) mass is 428 g/mol. The van der Waals surface area contributed by atoms with Gasteiger partial charge in [0.25, 0.3) is 0 Å². The van der Waals surface area contributed by atoms with Gasteiger partial charge in [-0.3, -0.25) is 0 Å². The van der Waals surface area contributed by atoms with Crippen LogP contribution in [0.25, 0.3) is 22.0 Å². The molecule has 0 aliphatic heterocycles. The lowest BCUT2D eigenvalue weighted by molar-refractivity contribution is 0.416. The molecule has 4 rings (SSSR count). The first-order valence-corrected chi connectivity index (χ1v) is 10.8. The van der Waals surface area contributed by atoms with Crippen LogP contribution in [0, 0.1) is 0 Å². The van der Waals surface area contributed by atoms with Crippen molar-refractivity contribution in [3.05, 3.63) is 64.6 Å². The van der Waals surface area contributed by atoms with Gasteiger partial charge in [-0.05, 0) is 36.4 Å². The summed E-state index contributed by atoms with van der Waals surface area (Å²) < 4.78 is 7.43. The zero-order chi connectivity index (χ0) is 19.5. The van der Waals surface area contributed by atoms with Gasteiger partial charge in [0.1, 0.15) is 10.8 Å². The van der Waals surface area contributed by atoms with Gasteiger partial charge in [0.2, 0.25) is 0 Å². The van der Waals surface area contributed by atoms with Crippen molar-refractivity contribution in [1.82, 2.24) is 19.7 Å². The van der Waals surface area contributed by atoms with Crippen molar-refractivity contribution in [2.24, 2.45) is 7.05 Å². The summed E-state index contributed by atoms with van der Waals surface area (Å²) in [6.45, 7) is 0. The predicted octanol–water partition coefficient (Wildman–Crippen LogP) is 5.56. The molecule has 2 aromatic heterocycles. The third-order valence-corrected chi connectivity index (χ3v) is 6.41. The molecular formula is C20H17ClN4OS2. The second-order valence-electron chi connectivity index (χ2n) is 6.01. The Morgan fingerprint density at radius 1 is 1.11 bits per heavy atom. The van der Waals surface area contributed by atoms with Crippen LogP contribution in [0.2, 0.25) is 5.02 Å². The average Bonchev–Trinajstić information content (AvgIpc) is 3.34. The zero-order valence-corrected chi connectivity index (χ0v) is 17.7. The van der Waals surface area contributed by atoms with Crippen molar-refractivity contribution in [3.8, 4) is 27.7 Å². The highest BCUT2D eigenvalue weighted by Gasteiger charge is 2.13. The van der Waals surface area contributed by atoms with Crippen molar-refractivity contribution in [3.63, 3.8) is 0 Å². The molecule has 0 aliphatic carbocycles. The van der Waals surface area contributed by atoms with E-state index in [9.17, 15) is 0 Å². The third kappa shape index (κ3) is 3.92. The zero-order valence-electron chi connectivity index (χ0n) is 15.3. The number of thiazole rings is 1. The van der Waals surface area contributed by atoms with Crippen LogP contribution in [-0.2, 0) is 12.8 Å². The van der Waals surface area contributed by atoms with E-state index >= 15 is 0 Å². The molecule has 5 nitrogen and oxygen atoms in total. The van der Waals surface area contributed by atoms with Crippen LogP contribution >= 0.6 is 34.7 Å². The summed E-state index contributed by atoms with van der Waals surface area (Å²) in [6, 6.07) is 15.5. The number of halogens is 1. The molecule has 0 saturated heterocycles. The highest BCUT2D eigenvalue weighted by Crippen LogP contribution is 2.33. The van der Waals surface area contributed by atoms with Gasteiger partial charge < -0.3 is 9.30 Å². The van der Waals surface area contributed by atoms with Gasteiger partial charge >= 0.3 is 0 Å². The summed E-state index contributed by atoms with van der Waals surface area (Å²) in [7, 11) is 3.64. The van der Waals surface area contributed by atoms with Crippen molar-refractivity contribution in [2.75, 3.05) is 7.11 Å². The molecule has 0 saturated carbocycles. The summed E-state index contributed by atoms with van der Waals surface area (Å²) in [5, 5.41) is 13.2. The first-order chi connectivity index (χ1) is 13.7. The SMILES string of the molecule is COc1ccccc1-c1nc(CSc2nnc(-c3ccc(Cl)cc3)n2C)cs1. The van der Waals surface area contributed by atoms with E-state index in [-0.39, 0.29) is 0 Å². The quantitative estimate of drug-likeness (QED) is 0.376. The van der Waals surface area contributed by atoms with Crippen LogP contribution in [0.4, 0.5) is 0 Å². The molecule has 2 heterocycles. The maximum atomic E-state index is 5.97. The lowest BCUT2D eigenvalue weighted by Gasteiger charge is -2.05. The lowest BCUT2D eigenvalue weighted by atomic mass is 10.2. The molecule has 0 radical (unpaired) electrons. The lowest BCUT2D eigenvalue weighted by Crippen LogP contribution is -1.95. The predicted molar refractivity (Wildman–Crippen MR) is 115 cm³/mol. The van der Waals surface area contributed by atoms with Crippen LogP contribution in [0.1, 0.15) is 5.69 Å². The molecule has 8 heteroatoms. The first kappa shape index (κ1) is 19.0. The molecule has 0 bridgehead atoms. The average molecular weight is 429 g/mol. The van der Waals surface area contributed by atoms with E-state index in [0.717, 1.165) is 44.3 Å². The minimum Gasteiger partial charge on any atom is -0.496 e. The molecule has 0 aliphatic rings. The molecular weight excluding hydrogens is 412 g/mol. The molecule has 28 heavy (non-hydrogen) atoms. The van der Waals surface area contributed by atoms with Crippen LogP contribution < -0.4 is 4.74 Å². The van der Waals surface area contributed by atoms with Crippen molar-refractivity contribution in [1.29, 1.82) is 0 Å². The molecule has 4 aromatic rings. The number of thioether (sulfide) groups is 1. The fourth-order valence-corrected chi connectivity index (χ4v) is 4.63. The standard InChI is InChI=1S/C20H17ClN4OS2/c1-25-18(13-7-9-14(21)10-8-13)23-24-20(25)28-12-15-11-27-19(22-15)16-5-3-4-6-17(16)26-2/h3-11H,12H2,1-2H3. The summed E-state index contributed by atoms with van der Waals surface area (Å²) >= 11 is 9.19. The number of para-hydroxylation sites is 1. The van der Waals surface area contributed by atoms with Gasteiger partial charge in [-0.15, -0.1) is 21.5 Å². The van der Waals surface area contributed by atoms with Gasteiger partial charge in [-0.1, -0.05) is 35.5 Å². The van der Waals surface area contributed by atoms with Crippen LogP contribution in [0.15, 0.2) is 59.1 Å². The van der Waals surface area contributed by atoms with E-state index in [0.29, 0.717) is 5.02 Å². The van der Waals surface area contributed by atoms with Crippen LogP contribution in [0.3, 0.4) is 0 Å². The first-order valence-electron chi connectivity index (χ1n) is 8.51. The number of aromatic nitrogens is 4. The molecule has 142 valence electrons. The Hall–Kier alpha value is -2.35. The molecule has 0 fully saturated rings. The van der Waals surface area contributed by atoms with E-state index in [1.165, 1.54) is 0 Å². The molecule has 0 N–H and O–H groups in total. The highest BCUT2D eigenvalue weighted by molar-refractivity contribution is 7.98. The molecule has 0 spiro atoms. The molecule has 0 unspecified atom stereocenters. The Balaban J connectivity index is 1.49. The Labute approximate surface area is 176 Å². The summed E-state index contributed by atoms with van der Waals surface area (Å²) in [5.41, 5.74) is 3.00. The second-order valence-corrected chi connectivity index (χ2v) is 8.24. The maximum absolute atomic E-state index is 5.97. The van der Waals surface area contributed by atoms with E-state index < -0.39 is 0 Å². The number of hydrogen-bond acceptors (Lipinski definition) is 6. The molecule has 0 atom stereocenters. The highest BCUT2D eigenvalue weighted by atomic mass is 35.5. The smallest absolute Gasteiger partial charge is 0.191 e. The van der Waals surface area contributed by atoms with Crippen molar-refractivity contribution >= 4 is 34.7 Å². The van der Waals surface area contributed by atoms with Gasteiger partial charge in [0.15, 0.2) is 11.0 Å². The van der Waals surface area contributed by atoms with Gasteiger partial charge in [0, 0.05) is 28.8 Å². The minimum atomic E-state index is 0.704. The summed E-state index contributed by atoms with van der Waals surface area (Å²) in [5.74, 6) is 2.36. The third-order valence-electron chi connectivity index (χ3n) is 4.18. The summed E-state index contributed by atoms with van der Waals surface area (Å²) in [4.78, 5) is 4.75. The number of nitrogens with zero attached hydrogens (tertiary/aromatic N) is 4. The maximum Gasteiger partial charge on any atom is 0.191 e.